The first kappa shape index (κ1) is 10.5. The fraction of sp³-hybridized carbons (Fsp3) is 0.889. The van der Waals surface area contributed by atoms with Gasteiger partial charge in [-0.2, -0.15) is 0 Å². The molecule has 0 aliphatic carbocycles. The lowest BCUT2D eigenvalue weighted by Crippen LogP contribution is -2.47. The summed E-state index contributed by atoms with van der Waals surface area (Å²) in [4.78, 5) is 13.0. The van der Waals surface area contributed by atoms with Gasteiger partial charge in [-0.05, 0) is 13.8 Å². The smallest absolute Gasteiger partial charge is 0.319 e. The number of rotatable bonds is 2. The van der Waals surface area contributed by atoms with E-state index >= 15 is 0 Å². The van der Waals surface area contributed by atoms with Crippen LogP contribution in [0.25, 0.3) is 0 Å². The van der Waals surface area contributed by atoms with Gasteiger partial charge in [0.1, 0.15) is 0 Å². The molecule has 0 bridgehead atoms. The summed E-state index contributed by atoms with van der Waals surface area (Å²) in [6.07, 6.45) is 0.404. The third kappa shape index (κ3) is 3.32. The molecule has 1 saturated heterocycles. The van der Waals surface area contributed by atoms with E-state index in [9.17, 15) is 4.79 Å². The summed E-state index contributed by atoms with van der Waals surface area (Å²) in [7, 11) is 1.41. The van der Waals surface area contributed by atoms with Crippen LogP contribution < -0.4 is 0 Å². The number of carbonyl (C=O) groups excluding carboxylic acids is 1. The Morgan fingerprint density at radius 2 is 2.00 bits per heavy atom. The van der Waals surface area contributed by atoms with Gasteiger partial charge in [0.25, 0.3) is 0 Å². The molecule has 0 amide bonds. The molecular formula is C9H17NO3. The molecule has 1 aliphatic heterocycles. The topological polar surface area (TPSA) is 38.8 Å². The second kappa shape index (κ2) is 4.58. The molecule has 76 valence electrons. The monoisotopic (exact) mass is 187 g/mol. The van der Waals surface area contributed by atoms with Crippen molar-refractivity contribution in [1.29, 1.82) is 0 Å². The number of methoxy groups -OCH3 is 1. The van der Waals surface area contributed by atoms with Crippen LogP contribution in [0.5, 0.6) is 0 Å². The van der Waals surface area contributed by atoms with Crippen molar-refractivity contribution in [2.24, 2.45) is 0 Å². The van der Waals surface area contributed by atoms with E-state index in [1.165, 1.54) is 7.11 Å². The van der Waals surface area contributed by atoms with Crippen molar-refractivity contribution in [1.82, 2.24) is 4.90 Å². The lowest BCUT2D eigenvalue weighted by Gasteiger charge is -2.34. The van der Waals surface area contributed by atoms with Crippen molar-refractivity contribution >= 4 is 5.97 Å². The molecule has 1 heterocycles. The normalized spacial score (nSPS) is 30.1. The highest BCUT2D eigenvalue weighted by Gasteiger charge is 2.23. The first-order chi connectivity index (χ1) is 6.11. The van der Waals surface area contributed by atoms with E-state index in [0.29, 0.717) is 6.54 Å². The summed E-state index contributed by atoms with van der Waals surface area (Å²) in [6, 6.07) is 0. The molecule has 2 atom stereocenters. The third-order valence-electron chi connectivity index (χ3n) is 2.08. The van der Waals surface area contributed by atoms with Crippen molar-refractivity contribution in [2.75, 3.05) is 26.7 Å². The number of hydrogen-bond acceptors (Lipinski definition) is 4. The number of nitrogens with zero attached hydrogens (tertiary/aromatic N) is 1. The van der Waals surface area contributed by atoms with Gasteiger partial charge < -0.3 is 9.47 Å². The first-order valence-corrected chi connectivity index (χ1v) is 4.56. The third-order valence-corrected chi connectivity index (χ3v) is 2.08. The summed E-state index contributed by atoms with van der Waals surface area (Å²) >= 11 is 0. The maximum Gasteiger partial charge on any atom is 0.319 e. The van der Waals surface area contributed by atoms with Gasteiger partial charge >= 0.3 is 5.97 Å². The van der Waals surface area contributed by atoms with Crippen molar-refractivity contribution in [3.05, 3.63) is 0 Å². The van der Waals surface area contributed by atoms with Crippen molar-refractivity contribution < 1.29 is 14.3 Å². The van der Waals surface area contributed by atoms with Crippen molar-refractivity contribution in [2.45, 2.75) is 26.1 Å². The van der Waals surface area contributed by atoms with Crippen LogP contribution in [0.2, 0.25) is 0 Å². The predicted molar refractivity (Wildman–Crippen MR) is 48.5 cm³/mol. The van der Waals surface area contributed by atoms with E-state index in [2.05, 4.69) is 9.64 Å². The van der Waals surface area contributed by atoms with Crippen LogP contribution in [0.1, 0.15) is 13.8 Å². The number of esters is 1. The Hall–Kier alpha value is -0.610. The first-order valence-electron chi connectivity index (χ1n) is 4.56. The molecule has 0 spiro atoms. The van der Waals surface area contributed by atoms with Crippen LogP contribution in [-0.4, -0.2) is 49.8 Å². The minimum atomic E-state index is -0.179. The molecule has 1 rings (SSSR count). The van der Waals surface area contributed by atoms with Crippen LogP contribution in [-0.2, 0) is 14.3 Å². The van der Waals surface area contributed by atoms with E-state index in [1.807, 2.05) is 13.8 Å². The zero-order chi connectivity index (χ0) is 9.84. The van der Waals surface area contributed by atoms with Gasteiger partial charge in [-0.15, -0.1) is 0 Å². The Labute approximate surface area is 78.8 Å². The highest BCUT2D eigenvalue weighted by Crippen LogP contribution is 2.09. The van der Waals surface area contributed by atoms with Gasteiger partial charge in [-0.1, -0.05) is 0 Å². The Kier molecular flexibility index (Phi) is 3.69. The molecule has 1 fully saturated rings. The molecule has 13 heavy (non-hydrogen) atoms. The molecule has 4 heteroatoms. The minimum absolute atomic E-state index is 0.179. The summed E-state index contributed by atoms with van der Waals surface area (Å²) < 4.78 is 10.1. The largest absolute Gasteiger partial charge is 0.468 e. The Morgan fingerprint density at radius 3 is 2.46 bits per heavy atom. The zero-order valence-corrected chi connectivity index (χ0v) is 8.45. The molecule has 0 aromatic carbocycles. The van der Waals surface area contributed by atoms with Gasteiger partial charge in [0, 0.05) is 13.1 Å². The van der Waals surface area contributed by atoms with E-state index in [4.69, 9.17) is 4.74 Å². The maximum atomic E-state index is 11.0. The van der Waals surface area contributed by atoms with Gasteiger partial charge in [-0.3, -0.25) is 9.69 Å². The van der Waals surface area contributed by atoms with Gasteiger partial charge in [0.05, 0.1) is 25.9 Å². The van der Waals surface area contributed by atoms with E-state index in [-0.39, 0.29) is 18.2 Å². The highest BCUT2D eigenvalue weighted by atomic mass is 16.5. The summed E-state index contributed by atoms with van der Waals surface area (Å²) in [5.74, 6) is -0.179. The fourth-order valence-electron chi connectivity index (χ4n) is 1.66. The standard InChI is InChI=1S/C9H17NO3/c1-7-4-10(5-8(2)13-7)6-9(11)12-3/h7-8H,4-6H2,1-3H3/t7-,8-/m1/s1. The van der Waals surface area contributed by atoms with Crippen LogP contribution in [0.15, 0.2) is 0 Å². The van der Waals surface area contributed by atoms with Crippen molar-refractivity contribution in [3.63, 3.8) is 0 Å². The number of carbonyl (C=O) groups is 1. The predicted octanol–water partition coefficient (Wildman–Crippen LogP) is 0.269. The maximum absolute atomic E-state index is 11.0. The Bertz CT molecular complexity index is 174. The molecule has 0 saturated carbocycles. The quantitative estimate of drug-likeness (QED) is 0.582. The number of morpholine rings is 1. The molecule has 4 nitrogen and oxygen atoms in total. The molecule has 0 radical (unpaired) electrons. The summed E-state index contributed by atoms with van der Waals surface area (Å²) in [6.45, 7) is 6.01. The van der Waals surface area contributed by atoms with Crippen LogP contribution in [0.3, 0.4) is 0 Å². The van der Waals surface area contributed by atoms with E-state index in [1.54, 1.807) is 0 Å². The van der Waals surface area contributed by atoms with E-state index in [0.717, 1.165) is 13.1 Å². The van der Waals surface area contributed by atoms with E-state index < -0.39 is 0 Å². The van der Waals surface area contributed by atoms with Gasteiger partial charge in [0.2, 0.25) is 0 Å². The molecule has 0 unspecified atom stereocenters. The molecule has 0 aromatic rings. The lowest BCUT2D eigenvalue weighted by atomic mass is 10.2. The highest BCUT2D eigenvalue weighted by molar-refractivity contribution is 5.71. The fourth-order valence-corrected chi connectivity index (χ4v) is 1.66. The zero-order valence-electron chi connectivity index (χ0n) is 8.45. The second-order valence-electron chi connectivity index (χ2n) is 3.53. The average molecular weight is 187 g/mol. The van der Waals surface area contributed by atoms with Gasteiger partial charge in [-0.25, -0.2) is 0 Å². The SMILES string of the molecule is COC(=O)CN1C[C@@H](C)O[C@H](C)C1. The average Bonchev–Trinajstić information content (AvgIpc) is 2.02. The number of hydrogen-bond donors (Lipinski definition) is 0. The molecular weight excluding hydrogens is 170 g/mol. The van der Waals surface area contributed by atoms with Gasteiger partial charge in [0.15, 0.2) is 0 Å². The van der Waals surface area contributed by atoms with Crippen LogP contribution in [0, 0.1) is 0 Å². The Morgan fingerprint density at radius 1 is 1.46 bits per heavy atom. The minimum Gasteiger partial charge on any atom is -0.468 e. The number of ether oxygens (including phenoxy) is 2. The Balaban J connectivity index is 2.37. The van der Waals surface area contributed by atoms with Crippen LogP contribution in [0.4, 0.5) is 0 Å². The lowest BCUT2D eigenvalue weighted by molar-refractivity contribution is -0.145. The second-order valence-corrected chi connectivity index (χ2v) is 3.53. The molecule has 1 aliphatic rings. The summed E-state index contributed by atoms with van der Waals surface area (Å²) in [5, 5.41) is 0. The summed E-state index contributed by atoms with van der Waals surface area (Å²) in [5.41, 5.74) is 0. The van der Waals surface area contributed by atoms with Crippen LogP contribution >= 0.6 is 0 Å². The molecule has 0 N–H and O–H groups in total. The van der Waals surface area contributed by atoms with Crippen molar-refractivity contribution in [3.8, 4) is 0 Å². The molecule has 0 aromatic heterocycles.